The molecular formula is C19H29N5O2. The molecule has 4 rings (SSSR count). The van der Waals surface area contributed by atoms with Crippen molar-refractivity contribution >= 4 is 0 Å². The van der Waals surface area contributed by atoms with Crippen molar-refractivity contribution in [3.05, 3.63) is 29.9 Å². The molecule has 1 aliphatic carbocycles. The molecule has 0 bridgehead atoms. The molecule has 0 unspecified atom stereocenters. The quantitative estimate of drug-likeness (QED) is 0.757. The van der Waals surface area contributed by atoms with Crippen molar-refractivity contribution in [1.82, 2.24) is 24.6 Å². The fraction of sp³-hybridized carbons (Fsp3) is 0.737. The van der Waals surface area contributed by atoms with E-state index in [4.69, 9.17) is 9.26 Å². The largest absolute Gasteiger partial charge is 0.383 e. The maximum atomic E-state index is 5.53. The summed E-state index contributed by atoms with van der Waals surface area (Å²) < 4.78 is 13.0. The number of hydrogen-bond acceptors (Lipinski definition) is 6. The van der Waals surface area contributed by atoms with Crippen LogP contribution in [0.2, 0.25) is 0 Å². The van der Waals surface area contributed by atoms with Gasteiger partial charge in [0, 0.05) is 44.4 Å². The molecule has 7 heteroatoms. The van der Waals surface area contributed by atoms with E-state index in [0.717, 1.165) is 37.9 Å². The molecule has 0 spiro atoms. The Hall–Kier alpha value is -1.73. The Morgan fingerprint density at radius 1 is 1.19 bits per heavy atom. The second-order valence-corrected chi connectivity index (χ2v) is 7.58. The Balaban J connectivity index is 1.37. The van der Waals surface area contributed by atoms with Gasteiger partial charge in [-0.05, 0) is 32.2 Å². The van der Waals surface area contributed by atoms with Gasteiger partial charge in [-0.15, -0.1) is 0 Å². The number of piperidine rings is 1. The average molecular weight is 359 g/mol. The van der Waals surface area contributed by atoms with E-state index in [1.165, 1.54) is 44.3 Å². The molecule has 26 heavy (non-hydrogen) atoms. The Morgan fingerprint density at radius 2 is 2.04 bits per heavy atom. The van der Waals surface area contributed by atoms with Crippen molar-refractivity contribution in [2.45, 2.75) is 63.5 Å². The van der Waals surface area contributed by atoms with E-state index in [1.54, 1.807) is 7.11 Å². The molecule has 2 aromatic heterocycles. The van der Waals surface area contributed by atoms with Crippen molar-refractivity contribution < 1.29 is 9.26 Å². The predicted molar refractivity (Wildman–Crippen MR) is 96.9 cm³/mol. The molecule has 2 aromatic rings. The maximum absolute atomic E-state index is 5.53. The molecule has 2 aliphatic rings. The van der Waals surface area contributed by atoms with E-state index in [0.29, 0.717) is 18.4 Å². The number of hydrogen-bond donors (Lipinski definition) is 0. The molecule has 2 fully saturated rings. The first-order valence-electron chi connectivity index (χ1n) is 9.88. The normalized spacial score (nSPS) is 22.3. The number of ether oxygens (including phenoxy) is 1. The third-order valence-electron chi connectivity index (χ3n) is 5.71. The van der Waals surface area contributed by atoms with Crippen molar-refractivity contribution in [3.63, 3.8) is 0 Å². The molecule has 1 atom stereocenters. The summed E-state index contributed by atoms with van der Waals surface area (Å²) in [5, 5.41) is 4.24. The van der Waals surface area contributed by atoms with Gasteiger partial charge in [-0.3, -0.25) is 4.90 Å². The molecular weight excluding hydrogens is 330 g/mol. The van der Waals surface area contributed by atoms with Crippen LogP contribution in [0.5, 0.6) is 0 Å². The van der Waals surface area contributed by atoms with Crippen LogP contribution in [0.3, 0.4) is 0 Å². The van der Waals surface area contributed by atoms with E-state index in [9.17, 15) is 0 Å². The van der Waals surface area contributed by atoms with Gasteiger partial charge in [-0.1, -0.05) is 18.0 Å². The molecule has 0 N–H and O–H groups in total. The first kappa shape index (κ1) is 17.7. The van der Waals surface area contributed by atoms with E-state index >= 15 is 0 Å². The summed E-state index contributed by atoms with van der Waals surface area (Å²) in [5.41, 5.74) is 0. The Kier molecular flexibility index (Phi) is 5.65. The van der Waals surface area contributed by atoms with Crippen molar-refractivity contribution in [2.24, 2.45) is 0 Å². The first-order valence-corrected chi connectivity index (χ1v) is 9.88. The van der Waals surface area contributed by atoms with Crippen molar-refractivity contribution in [2.75, 3.05) is 26.8 Å². The molecule has 0 aromatic carbocycles. The summed E-state index contributed by atoms with van der Waals surface area (Å²) in [4.78, 5) is 11.7. The molecule has 3 heterocycles. The van der Waals surface area contributed by atoms with Crippen LogP contribution in [0.15, 0.2) is 16.9 Å². The van der Waals surface area contributed by atoms with Gasteiger partial charge < -0.3 is 13.8 Å². The highest BCUT2D eigenvalue weighted by atomic mass is 16.5. The van der Waals surface area contributed by atoms with Crippen molar-refractivity contribution in [3.8, 4) is 0 Å². The molecule has 1 saturated heterocycles. The van der Waals surface area contributed by atoms with Crippen LogP contribution in [-0.2, 0) is 17.8 Å². The third-order valence-corrected chi connectivity index (χ3v) is 5.71. The highest BCUT2D eigenvalue weighted by molar-refractivity contribution is 5.04. The van der Waals surface area contributed by atoms with Gasteiger partial charge in [-0.25, -0.2) is 4.98 Å². The van der Waals surface area contributed by atoms with Gasteiger partial charge in [0.2, 0.25) is 5.89 Å². The zero-order valence-corrected chi connectivity index (χ0v) is 15.6. The molecule has 7 nitrogen and oxygen atoms in total. The fourth-order valence-corrected chi connectivity index (χ4v) is 4.34. The van der Waals surface area contributed by atoms with Gasteiger partial charge in [0.05, 0.1) is 13.2 Å². The van der Waals surface area contributed by atoms with Crippen LogP contribution in [0.4, 0.5) is 0 Å². The van der Waals surface area contributed by atoms with Gasteiger partial charge in [0.1, 0.15) is 5.82 Å². The number of imidazole rings is 1. The van der Waals surface area contributed by atoms with Gasteiger partial charge >= 0.3 is 0 Å². The third kappa shape index (κ3) is 3.99. The Morgan fingerprint density at radius 3 is 2.88 bits per heavy atom. The summed E-state index contributed by atoms with van der Waals surface area (Å²) in [6, 6.07) is 0. The highest BCUT2D eigenvalue weighted by Gasteiger charge is 2.27. The van der Waals surface area contributed by atoms with Crippen LogP contribution in [0, 0.1) is 0 Å². The SMILES string of the molecule is COCCn1ccnc1[C@H]1CCCN(Cc2noc(C3CCCC3)n2)C1. The summed E-state index contributed by atoms with van der Waals surface area (Å²) in [6.45, 7) is 4.43. The summed E-state index contributed by atoms with van der Waals surface area (Å²) in [5.74, 6) is 3.79. The van der Waals surface area contributed by atoms with Crippen LogP contribution in [0.1, 0.15) is 67.9 Å². The van der Waals surface area contributed by atoms with E-state index in [-0.39, 0.29) is 0 Å². The van der Waals surface area contributed by atoms with Crippen LogP contribution < -0.4 is 0 Å². The van der Waals surface area contributed by atoms with E-state index < -0.39 is 0 Å². The molecule has 0 amide bonds. The predicted octanol–water partition coefficient (Wildman–Crippen LogP) is 2.95. The number of likely N-dealkylation sites (tertiary alicyclic amines) is 1. The van der Waals surface area contributed by atoms with Crippen LogP contribution in [-0.4, -0.2) is 51.4 Å². The van der Waals surface area contributed by atoms with E-state index in [2.05, 4.69) is 30.8 Å². The second kappa shape index (κ2) is 8.31. The van der Waals surface area contributed by atoms with E-state index in [1.807, 2.05) is 6.20 Å². The highest BCUT2D eigenvalue weighted by Crippen LogP contribution is 2.33. The second-order valence-electron chi connectivity index (χ2n) is 7.58. The summed E-state index contributed by atoms with van der Waals surface area (Å²) >= 11 is 0. The standard InChI is InChI=1S/C19H29N5O2/c1-25-12-11-24-10-8-20-18(24)16-7-4-9-23(13-16)14-17-21-19(26-22-17)15-5-2-3-6-15/h8,10,15-16H,2-7,9,11-14H2,1H3/t16-/m0/s1. The van der Waals surface area contributed by atoms with Gasteiger partial charge in [-0.2, -0.15) is 4.98 Å². The zero-order valence-electron chi connectivity index (χ0n) is 15.6. The smallest absolute Gasteiger partial charge is 0.229 e. The lowest BCUT2D eigenvalue weighted by Crippen LogP contribution is -2.35. The molecule has 1 saturated carbocycles. The van der Waals surface area contributed by atoms with Gasteiger partial charge in [0.15, 0.2) is 5.82 Å². The monoisotopic (exact) mass is 359 g/mol. The van der Waals surface area contributed by atoms with Crippen LogP contribution in [0.25, 0.3) is 0 Å². The lowest BCUT2D eigenvalue weighted by Gasteiger charge is -2.31. The minimum Gasteiger partial charge on any atom is -0.383 e. The summed E-state index contributed by atoms with van der Waals surface area (Å²) in [6.07, 6.45) is 11.3. The van der Waals surface area contributed by atoms with Crippen molar-refractivity contribution in [1.29, 1.82) is 0 Å². The zero-order chi connectivity index (χ0) is 17.8. The fourth-order valence-electron chi connectivity index (χ4n) is 4.34. The number of nitrogens with zero attached hydrogens (tertiary/aromatic N) is 5. The molecule has 0 radical (unpaired) electrons. The lowest BCUT2D eigenvalue weighted by molar-refractivity contribution is 0.175. The molecule has 1 aliphatic heterocycles. The van der Waals surface area contributed by atoms with Crippen LogP contribution >= 0.6 is 0 Å². The number of aromatic nitrogens is 4. The number of rotatable bonds is 7. The minimum atomic E-state index is 0.455. The molecule has 142 valence electrons. The minimum absolute atomic E-state index is 0.455. The Labute approximate surface area is 154 Å². The lowest BCUT2D eigenvalue weighted by atomic mass is 9.97. The number of methoxy groups -OCH3 is 1. The summed E-state index contributed by atoms with van der Waals surface area (Å²) in [7, 11) is 1.74. The average Bonchev–Trinajstić information content (AvgIpc) is 3.41. The first-order chi connectivity index (χ1) is 12.8. The Bertz CT molecular complexity index is 692. The van der Waals surface area contributed by atoms with Gasteiger partial charge in [0.25, 0.3) is 0 Å². The maximum Gasteiger partial charge on any atom is 0.229 e. The topological polar surface area (TPSA) is 69.2 Å².